The lowest BCUT2D eigenvalue weighted by molar-refractivity contribution is 0.294. The second kappa shape index (κ2) is 7.38. The quantitative estimate of drug-likeness (QED) is 0.603. The fourth-order valence-corrected chi connectivity index (χ4v) is 6.60. The average molecular weight is 345 g/mol. The molecule has 3 aromatic rings. The van der Waals surface area contributed by atoms with Crippen molar-refractivity contribution in [3.05, 3.63) is 78.4 Å². The lowest BCUT2D eigenvalue weighted by Crippen LogP contribution is -2.38. The van der Waals surface area contributed by atoms with E-state index in [0.29, 0.717) is 0 Å². The molecule has 0 N–H and O–H groups in total. The molecule has 4 rings (SSSR count). The Kier molecular flexibility index (Phi) is 4.82. The predicted octanol–water partition coefficient (Wildman–Crippen LogP) is 5.07. The third kappa shape index (κ3) is 3.32. The summed E-state index contributed by atoms with van der Waals surface area (Å²) >= 11 is 0. The summed E-state index contributed by atoms with van der Waals surface area (Å²) in [5, 5.41) is 1.48. The van der Waals surface area contributed by atoms with E-state index in [0.717, 1.165) is 6.61 Å². The average Bonchev–Trinajstić information content (AvgIpc) is 2.70. The molecule has 0 radical (unpaired) electrons. The van der Waals surface area contributed by atoms with E-state index in [1.54, 1.807) is 0 Å². The maximum Gasteiger partial charge on any atom is 0.208 e. The molecule has 2 heteroatoms. The van der Waals surface area contributed by atoms with Crippen molar-refractivity contribution < 1.29 is 4.43 Å². The maximum atomic E-state index is 6.22. The molecule has 0 amide bonds. The number of rotatable bonds is 3. The molecule has 0 saturated carbocycles. The maximum absolute atomic E-state index is 6.22. The third-order valence-corrected chi connectivity index (χ3v) is 8.07. The molecule has 0 aromatic heterocycles. The summed E-state index contributed by atoms with van der Waals surface area (Å²) in [7, 11) is -1.29. The second-order valence-corrected chi connectivity index (χ2v) is 9.30. The highest BCUT2D eigenvalue weighted by atomic mass is 28.3. The van der Waals surface area contributed by atoms with Crippen LogP contribution in [0, 0.1) is 6.92 Å². The van der Waals surface area contributed by atoms with E-state index in [1.165, 1.54) is 51.9 Å². The molecule has 25 heavy (non-hydrogen) atoms. The van der Waals surface area contributed by atoms with Crippen LogP contribution in [0.3, 0.4) is 0 Å². The summed E-state index contributed by atoms with van der Waals surface area (Å²) < 4.78 is 6.22. The molecule has 1 unspecified atom stereocenters. The largest absolute Gasteiger partial charge is 0.415 e. The highest BCUT2D eigenvalue weighted by Crippen LogP contribution is 2.34. The molecule has 126 valence electrons. The van der Waals surface area contributed by atoms with Crippen molar-refractivity contribution in [2.45, 2.75) is 25.8 Å². The highest BCUT2D eigenvalue weighted by Gasteiger charge is 2.23. The van der Waals surface area contributed by atoms with Crippen molar-refractivity contribution in [1.29, 1.82) is 0 Å². The summed E-state index contributed by atoms with van der Waals surface area (Å²) in [6.07, 6.45) is 2.54. The van der Waals surface area contributed by atoms with Gasteiger partial charge in [0.25, 0.3) is 0 Å². The van der Waals surface area contributed by atoms with E-state index in [-0.39, 0.29) is 0 Å². The topological polar surface area (TPSA) is 9.23 Å². The Morgan fingerprint density at radius 2 is 1.44 bits per heavy atom. The normalized spacial score (nSPS) is 17.4. The van der Waals surface area contributed by atoms with Crippen LogP contribution in [0.25, 0.3) is 22.3 Å². The summed E-state index contributed by atoms with van der Waals surface area (Å²) in [4.78, 5) is 0. The van der Waals surface area contributed by atoms with Crippen LogP contribution in [0.15, 0.2) is 72.8 Å². The molecule has 0 bridgehead atoms. The van der Waals surface area contributed by atoms with Gasteiger partial charge in [0.05, 0.1) is 0 Å². The Morgan fingerprint density at radius 3 is 2.08 bits per heavy atom. The van der Waals surface area contributed by atoms with Crippen LogP contribution < -0.4 is 5.19 Å². The second-order valence-electron chi connectivity index (χ2n) is 6.79. The lowest BCUT2D eigenvalue weighted by Gasteiger charge is -2.25. The number of hydrogen-bond acceptors (Lipinski definition) is 1. The zero-order valence-electron chi connectivity index (χ0n) is 14.7. The molecule has 1 fully saturated rings. The van der Waals surface area contributed by atoms with Gasteiger partial charge in [0.2, 0.25) is 9.04 Å². The first kappa shape index (κ1) is 16.3. The van der Waals surface area contributed by atoms with Crippen molar-refractivity contribution in [3.63, 3.8) is 0 Å². The van der Waals surface area contributed by atoms with Gasteiger partial charge in [0.15, 0.2) is 0 Å². The Balaban J connectivity index is 1.89. The van der Waals surface area contributed by atoms with Gasteiger partial charge < -0.3 is 4.43 Å². The first-order valence-electron chi connectivity index (χ1n) is 9.20. The van der Waals surface area contributed by atoms with E-state index in [1.807, 2.05) is 0 Å². The van der Waals surface area contributed by atoms with E-state index in [9.17, 15) is 0 Å². The Hall–Kier alpha value is -2.16. The zero-order valence-corrected chi connectivity index (χ0v) is 15.9. The van der Waals surface area contributed by atoms with E-state index >= 15 is 0 Å². The minimum atomic E-state index is -1.29. The van der Waals surface area contributed by atoms with Crippen LogP contribution in [0.2, 0.25) is 6.04 Å². The van der Waals surface area contributed by atoms with Crippen LogP contribution >= 0.6 is 0 Å². The highest BCUT2D eigenvalue weighted by molar-refractivity contribution is 6.68. The predicted molar refractivity (Wildman–Crippen MR) is 109 cm³/mol. The van der Waals surface area contributed by atoms with Crippen molar-refractivity contribution in [2.24, 2.45) is 0 Å². The molecule has 3 aromatic carbocycles. The number of hydrogen-bond donors (Lipinski definition) is 0. The molecular formula is C23H24OSi. The molecule has 1 atom stereocenters. The van der Waals surface area contributed by atoms with Gasteiger partial charge in [-0.2, -0.15) is 0 Å². The molecule has 1 nitrogen and oxygen atoms in total. The minimum absolute atomic E-state index is 0.942. The molecule has 1 aliphatic rings. The van der Waals surface area contributed by atoms with Gasteiger partial charge in [-0.05, 0) is 52.4 Å². The van der Waals surface area contributed by atoms with E-state index in [2.05, 4.69) is 79.7 Å². The van der Waals surface area contributed by atoms with Gasteiger partial charge in [-0.3, -0.25) is 0 Å². The van der Waals surface area contributed by atoms with Gasteiger partial charge >= 0.3 is 0 Å². The number of benzene rings is 3. The van der Waals surface area contributed by atoms with Crippen molar-refractivity contribution in [3.8, 4) is 22.3 Å². The van der Waals surface area contributed by atoms with Crippen molar-refractivity contribution in [2.75, 3.05) is 6.61 Å². The van der Waals surface area contributed by atoms with Crippen LogP contribution in [0.5, 0.6) is 0 Å². The first-order chi connectivity index (χ1) is 12.3. The summed E-state index contributed by atoms with van der Waals surface area (Å²) in [5.41, 5.74) is 6.67. The SMILES string of the molecule is Cc1c([SiH]2CCCCO2)ccc(-c2ccccc2)c1-c1ccccc1. The third-order valence-electron chi connectivity index (χ3n) is 5.18. The Labute approximate surface area is 152 Å². The fourth-order valence-electron chi connectivity index (χ4n) is 3.90. The van der Waals surface area contributed by atoms with E-state index in [4.69, 9.17) is 4.43 Å². The summed E-state index contributed by atoms with van der Waals surface area (Å²) in [6.45, 7) is 3.23. The lowest BCUT2D eigenvalue weighted by atomic mass is 9.91. The zero-order chi connectivity index (χ0) is 17.1. The molecule has 0 spiro atoms. The van der Waals surface area contributed by atoms with Gasteiger partial charge in [0, 0.05) is 6.61 Å². The molecule has 1 aliphatic heterocycles. The van der Waals surface area contributed by atoms with Gasteiger partial charge in [-0.1, -0.05) is 79.2 Å². The van der Waals surface area contributed by atoms with Crippen molar-refractivity contribution in [1.82, 2.24) is 0 Å². The molecule has 0 aliphatic carbocycles. The summed E-state index contributed by atoms with van der Waals surface area (Å²) in [6, 6.07) is 27.4. The van der Waals surface area contributed by atoms with Gasteiger partial charge in [-0.25, -0.2) is 0 Å². The standard InChI is InChI=1S/C23H24OSi/c1-18-22(25-17-9-8-16-24-25)15-14-21(19-10-4-2-5-11-19)23(18)20-12-6-3-7-13-20/h2-7,10-15,25H,8-9,16-17H2,1H3. The Bertz CT molecular complexity index is 837. The monoisotopic (exact) mass is 344 g/mol. The molecular weight excluding hydrogens is 320 g/mol. The smallest absolute Gasteiger partial charge is 0.208 e. The molecule has 1 saturated heterocycles. The van der Waals surface area contributed by atoms with Crippen LogP contribution in [-0.2, 0) is 4.43 Å². The van der Waals surface area contributed by atoms with Crippen LogP contribution in [-0.4, -0.2) is 15.6 Å². The first-order valence-corrected chi connectivity index (χ1v) is 11.1. The van der Waals surface area contributed by atoms with Gasteiger partial charge in [0.1, 0.15) is 0 Å². The van der Waals surface area contributed by atoms with Crippen LogP contribution in [0.4, 0.5) is 0 Å². The minimum Gasteiger partial charge on any atom is -0.415 e. The summed E-state index contributed by atoms with van der Waals surface area (Å²) in [5.74, 6) is 0. The van der Waals surface area contributed by atoms with Gasteiger partial charge in [-0.15, -0.1) is 0 Å². The fraction of sp³-hybridized carbons (Fsp3) is 0.217. The van der Waals surface area contributed by atoms with E-state index < -0.39 is 9.04 Å². The van der Waals surface area contributed by atoms with Crippen LogP contribution in [0.1, 0.15) is 18.4 Å². The van der Waals surface area contributed by atoms with Crippen molar-refractivity contribution >= 4 is 14.2 Å². The Morgan fingerprint density at radius 1 is 0.760 bits per heavy atom. The molecule has 1 heterocycles.